The lowest BCUT2D eigenvalue weighted by Crippen LogP contribution is -2.46. The molecule has 2 fully saturated rings. The number of anilines is 1. The molecule has 3 heterocycles. The highest BCUT2D eigenvalue weighted by molar-refractivity contribution is 5.61. The number of aryl methyl sites for hydroxylation is 2. The van der Waals surface area contributed by atoms with E-state index >= 15 is 0 Å². The molecule has 6 heteroatoms. The van der Waals surface area contributed by atoms with Crippen LogP contribution in [0.5, 0.6) is 5.75 Å². The van der Waals surface area contributed by atoms with E-state index in [9.17, 15) is 0 Å². The summed E-state index contributed by atoms with van der Waals surface area (Å²) in [6, 6.07) is 15.3. The Labute approximate surface area is 190 Å². The molecule has 2 aromatic carbocycles. The van der Waals surface area contributed by atoms with Crippen molar-refractivity contribution in [3.8, 4) is 11.4 Å². The second-order valence-corrected chi connectivity index (χ2v) is 8.85. The summed E-state index contributed by atoms with van der Waals surface area (Å²) in [5, 5.41) is 4.93. The molecule has 32 heavy (non-hydrogen) atoms. The van der Waals surface area contributed by atoms with Crippen LogP contribution in [0.15, 0.2) is 60.6 Å². The Morgan fingerprint density at radius 3 is 2.62 bits per heavy atom. The Morgan fingerprint density at radius 2 is 1.91 bits per heavy atom. The van der Waals surface area contributed by atoms with Gasteiger partial charge in [-0.25, -0.2) is 4.98 Å². The van der Waals surface area contributed by atoms with Gasteiger partial charge in [-0.05, 0) is 69.1 Å². The second kappa shape index (κ2) is 8.45. The largest absolute Gasteiger partial charge is 0.495 e. The molecule has 2 aliphatic rings. The average Bonchev–Trinajstić information content (AvgIpc) is 3.38. The topological polar surface area (TPSA) is 36.8 Å². The van der Waals surface area contributed by atoms with Crippen LogP contribution >= 0.6 is 0 Å². The molecule has 0 amide bonds. The lowest BCUT2D eigenvalue weighted by molar-refractivity contribution is 0.158. The maximum Gasteiger partial charge on any atom is 0.143 e. The molecule has 0 bridgehead atoms. The predicted molar refractivity (Wildman–Crippen MR) is 129 cm³/mol. The minimum Gasteiger partial charge on any atom is -0.495 e. The van der Waals surface area contributed by atoms with Crippen LogP contribution in [0, 0.1) is 13.8 Å². The fraction of sp³-hybridized carbons (Fsp3) is 0.346. The number of piperidine rings is 1. The monoisotopic (exact) mass is 429 g/mol. The van der Waals surface area contributed by atoms with Crippen molar-refractivity contribution in [3.63, 3.8) is 0 Å². The van der Waals surface area contributed by atoms with Gasteiger partial charge in [0.25, 0.3) is 0 Å². The predicted octanol–water partition coefficient (Wildman–Crippen LogP) is 4.63. The number of fused-ring (bicyclic) bond motifs is 1. The van der Waals surface area contributed by atoms with Crippen molar-refractivity contribution in [2.75, 3.05) is 32.4 Å². The van der Waals surface area contributed by atoms with Crippen LogP contribution in [0.3, 0.4) is 0 Å². The number of methoxy groups -OCH3 is 1. The molecule has 0 saturated carbocycles. The van der Waals surface area contributed by atoms with Gasteiger partial charge in [-0.15, -0.1) is 0 Å². The van der Waals surface area contributed by atoms with Crippen molar-refractivity contribution < 1.29 is 4.74 Å². The smallest absolute Gasteiger partial charge is 0.143 e. The average molecular weight is 430 g/mol. The van der Waals surface area contributed by atoms with E-state index in [1.807, 2.05) is 24.0 Å². The third-order valence-electron chi connectivity index (χ3n) is 6.43. The van der Waals surface area contributed by atoms with Crippen molar-refractivity contribution in [1.82, 2.24) is 19.5 Å². The number of benzene rings is 2. The molecule has 3 aromatic rings. The molecular weight excluding hydrogens is 398 g/mol. The van der Waals surface area contributed by atoms with Crippen molar-refractivity contribution in [2.24, 2.45) is 0 Å². The molecule has 0 spiro atoms. The fourth-order valence-corrected chi connectivity index (χ4v) is 4.88. The zero-order valence-electron chi connectivity index (χ0n) is 19.3. The van der Waals surface area contributed by atoms with Crippen LogP contribution in [-0.4, -0.2) is 53.0 Å². The summed E-state index contributed by atoms with van der Waals surface area (Å²) in [6.07, 6.45) is 8.74. The van der Waals surface area contributed by atoms with Gasteiger partial charge in [-0.3, -0.25) is 9.91 Å². The van der Waals surface area contributed by atoms with Crippen LogP contribution in [-0.2, 0) is 0 Å². The Balaban J connectivity index is 1.44. The van der Waals surface area contributed by atoms with Crippen molar-refractivity contribution in [1.29, 1.82) is 0 Å². The fourth-order valence-electron chi connectivity index (χ4n) is 4.88. The summed E-state index contributed by atoms with van der Waals surface area (Å²) in [5.74, 6) is 0.852. The van der Waals surface area contributed by atoms with Gasteiger partial charge in [0, 0.05) is 12.7 Å². The summed E-state index contributed by atoms with van der Waals surface area (Å²) in [4.78, 5) is 6.78. The zero-order chi connectivity index (χ0) is 22.2. The number of nitrogens with zero attached hydrogens (tertiary/aromatic N) is 5. The normalized spacial score (nSPS) is 20.7. The Hall–Kier alpha value is -3.09. The van der Waals surface area contributed by atoms with Crippen LogP contribution < -0.4 is 9.75 Å². The summed E-state index contributed by atoms with van der Waals surface area (Å²) in [6.45, 7) is 6.10. The van der Waals surface area contributed by atoms with Crippen LogP contribution in [0.4, 0.5) is 5.69 Å². The summed E-state index contributed by atoms with van der Waals surface area (Å²) >= 11 is 0. The molecule has 1 aromatic heterocycles. The highest BCUT2D eigenvalue weighted by Gasteiger charge is 2.40. The summed E-state index contributed by atoms with van der Waals surface area (Å²) in [5.41, 5.74) is 7.16. The third kappa shape index (κ3) is 3.80. The molecule has 0 radical (unpaired) electrons. The van der Waals surface area contributed by atoms with Crippen molar-refractivity contribution in [3.05, 3.63) is 77.4 Å². The molecule has 2 aliphatic heterocycles. The van der Waals surface area contributed by atoms with Gasteiger partial charge in [0.15, 0.2) is 0 Å². The third-order valence-corrected chi connectivity index (χ3v) is 6.43. The van der Waals surface area contributed by atoms with E-state index in [1.165, 1.54) is 22.4 Å². The minimum atomic E-state index is 0.284. The zero-order valence-corrected chi connectivity index (χ0v) is 19.3. The Bertz CT molecular complexity index is 1130. The molecule has 0 aliphatic carbocycles. The van der Waals surface area contributed by atoms with Crippen LogP contribution in [0.25, 0.3) is 11.8 Å². The molecular formula is C26H31N5O. The Morgan fingerprint density at radius 1 is 1.09 bits per heavy atom. The molecule has 5 rings (SSSR count). The number of ether oxygens (including phenoxy) is 1. The van der Waals surface area contributed by atoms with Crippen LogP contribution in [0.2, 0.25) is 0 Å². The first-order valence-electron chi connectivity index (χ1n) is 11.2. The maximum atomic E-state index is 5.72. The van der Waals surface area contributed by atoms with Gasteiger partial charge < -0.3 is 9.30 Å². The molecule has 2 saturated heterocycles. The van der Waals surface area contributed by atoms with Crippen LogP contribution in [0.1, 0.15) is 29.7 Å². The van der Waals surface area contributed by atoms with Gasteiger partial charge in [-0.1, -0.05) is 29.8 Å². The number of hydrogen-bond acceptors (Lipinski definition) is 5. The Kier molecular flexibility index (Phi) is 5.49. The van der Waals surface area contributed by atoms with E-state index in [4.69, 9.17) is 4.74 Å². The maximum absolute atomic E-state index is 5.72. The van der Waals surface area contributed by atoms with Gasteiger partial charge in [0.1, 0.15) is 11.9 Å². The number of aromatic nitrogens is 2. The number of hydrogen-bond donors (Lipinski definition) is 0. The number of rotatable bonds is 4. The highest BCUT2D eigenvalue weighted by Crippen LogP contribution is 2.36. The summed E-state index contributed by atoms with van der Waals surface area (Å²) < 4.78 is 7.74. The van der Waals surface area contributed by atoms with Crippen molar-refractivity contribution >= 4 is 11.8 Å². The highest BCUT2D eigenvalue weighted by atomic mass is 16.5. The van der Waals surface area contributed by atoms with E-state index in [-0.39, 0.29) is 6.17 Å². The lowest BCUT2D eigenvalue weighted by Gasteiger charge is -2.37. The first-order valence-corrected chi connectivity index (χ1v) is 11.2. The van der Waals surface area contributed by atoms with E-state index in [2.05, 4.69) is 82.4 Å². The van der Waals surface area contributed by atoms with E-state index in [1.54, 1.807) is 7.11 Å². The van der Waals surface area contributed by atoms with E-state index in [0.717, 1.165) is 43.2 Å². The standard InChI is InChI=1S/C26H31N5O/c1-19-7-10-23(11-8-19)31-18-28(3)26-22(6-5-13-30(26)31)14-21-9-12-24(25(15-21)32-4)29-16-20(2)27-17-29/h7-12,14-17,26H,5-6,13,18H2,1-4H3. The number of likely N-dealkylation sites (N-methyl/N-ethyl adjacent to an activating group) is 1. The van der Waals surface area contributed by atoms with Gasteiger partial charge >= 0.3 is 0 Å². The molecule has 1 unspecified atom stereocenters. The van der Waals surface area contributed by atoms with Crippen molar-refractivity contribution in [2.45, 2.75) is 32.9 Å². The van der Waals surface area contributed by atoms with Gasteiger partial charge in [0.2, 0.25) is 0 Å². The first-order chi connectivity index (χ1) is 15.5. The van der Waals surface area contributed by atoms with E-state index < -0.39 is 0 Å². The molecule has 1 atom stereocenters. The van der Waals surface area contributed by atoms with Gasteiger partial charge in [0.05, 0.1) is 37.2 Å². The summed E-state index contributed by atoms with van der Waals surface area (Å²) in [7, 11) is 3.95. The minimum absolute atomic E-state index is 0.284. The van der Waals surface area contributed by atoms with E-state index in [0.29, 0.717) is 0 Å². The molecule has 0 N–H and O–H groups in total. The second-order valence-electron chi connectivity index (χ2n) is 8.85. The number of imidazole rings is 1. The van der Waals surface area contributed by atoms with Gasteiger partial charge in [-0.2, -0.15) is 5.01 Å². The SMILES string of the molecule is COc1cc(C=C2CCCN3C2N(C)CN3c2ccc(C)cc2)ccc1-n1cnc(C)c1. The number of hydrazine groups is 1. The molecule has 6 nitrogen and oxygen atoms in total. The lowest BCUT2D eigenvalue weighted by atomic mass is 9.99. The molecule has 166 valence electrons. The first kappa shape index (κ1) is 20.8. The quantitative estimate of drug-likeness (QED) is 0.605.